The topological polar surface area (TPSA) is 32.3 Å². The second-order valence-corrected chi connectivity index (χ2v) is 5.77. The Morgan fingerprint density at radius 2 is 2.05 bits per heavy atom. The van der Waals surface area contributed by atoms with E-state index >= 15 is 0 Å². The summed E-state index contributed by atoms with van der Waals surface area (Å²) in [6.07, 6.45) is 4.06. The van der Waals surface area contributed by atoms with E-state index in [9.17, 15) is 0 Å². The Bertz CT molecular complexity index is 756. The van der Waals surface area contributed by atoms with Gasteiger partial charge in [0, 0.05) is 36.0 Å². The second kappa shape index (κ2) is 3.95. The molecule has 3 atom stereocenters. The van der Waals surface area contributed by atoms with Gasteiger partial charge in [0.2, 0.25) is 0 Å². The summed E-state index contributed by atoms with van der Waals surface area (Å²) in [5.74, 6) is 0. The SMILES string of the molecule is CC1C=c2c([nH]c3ccccc23)=C2CCN[C@H](C)[NH+]21. The molecule has 2 aromatic rings. The van der Waals surface area contributed by atoms with E-state index in [1.54, 1.807) is 10.6 Å². The summed E-state index contributed by atoms with van der Waals surface area (Å²) in [6.45, 7) is 5.69. The van der Waals surface area contributed by atoms with E-state index in [2.05, 4.69) is 54.5 Å². The van der Waals surface area contributed by atoms with E-state index in [4.69, 9.17) is 0 Å². The third-order valence-corrected chi connectivity index (χ3v) is 4.60. The molecule has 1 saturated heterocycles. The lowest BCUT2D eigenvalue weighted by molar-refractivity contribution is -0.877. The summed E-state index contributed by atoms with van der Waals surface area (Å²) in [4.78, 5) is 5.21. The van der Waals surface area contributed by atoms with Crippen molar-refractivity contribution < 1.29 is 4.90 Å². The van der Waals surface area contributed by atoms with Gasteiger partial charge in [-0.15, -0.1) is 0 Å². The first-order chi connectivity index (χ1) is 9.25. The van der Waals surface area contributed by atoms with Gasteiger partial charge in [-0.05, 0) is 19.1 Å². The minimum atomic E-state index is 0.495. The molecule has 0 aliphatic carbocycles. The van der Waals surface area contributed by atoms with Crippen molar-refractivity contribution in [2.24, 2.45) is 0 Å². The Labute approximate surface area is 112 Å². The zero-order valence-corrected chi connectivity index (χ0v) is 11.5. The first kappa shape index (κ1) is 11.3. The van der Waals surface area contributed by atoms with Crippen LogP contribution in [-0.2, 0) is 0 Å². The number of quaternary nitrogens is 1. The number of fused-ring (bicyclic) bond motifs is 4. The average Bonchev–Trinajstić information content (AvgIpc) is 2.78. The summed E-state index contributed by atoms with van der Waals surface area (Å²) >= 11 is 0. The Morgan fingerprint density at radius 1 is 1.21 bits per heavy atom. The molecule has 1 aromatic heterocycles. The lowest BCUT2D eigenvalue weighted by atomic mass is 10.0. The van der Waals surface area contributed by atoms with Crippen LogP contribution in [0.1, 0.15) is 20.3 Å². The molecule has 19 heavy (non-hydrogen) atoms. The van der Waals surface area contributed by atoms with E-state index < -0.39 is 0 Å². The maximum atomic E-state index is 3.64. The van der Waals surface area contributed by atoms with Crippen molar-refractivity contribution in [3.8, 4) is 0 Å². The van der Waals surface area contributed by atoms with Gasteiger partial charge >= 0.3 is 0 Å². The highest BCUT2D eigenvalue weighted by atomic mass is 15.3. The Balaban J connectivity index is 2.11. The van der Waals surface area contributed by atoms with Crippen LogP contribution in [0.15, 0.2) is 24.3 Å². The number of benzene rings is 1. The molecule has 2 aliphatic rings. The minimum absolute atomic E-state index is 0.495. The first-order valence-electron chi connectivity index (χ1n) is 7.18. The molecule has 0 bridgehead atoms. The van der Waals surface area contributed by atoms with Crippen LogP contribution in [0.5, 0.6) is 0 Å². The largest absolute Gasteiger partial charge is 0.350 e. The number of aromatic amines is 1. The molecule has 0 radical (unpaired) electrons. The van der Waals surface area contributed by atoms with Gasteiger partial charge in [0.25, 0.3) is 0 Å². The maximum Gasteiger partial charge on any atom is 0.143 e. The molecule has 3 nitrogen and oxygen atoms in total. The lowest BCUT2D eigenvalue weighted by Gasteiger charge is -2.36. The molecule has 1 fully saturated rings. The molecule has 4 rings (SSSR count). The van der Waals surface area contributed by atoms with Gasteiger partial charge in [-0.25, -0.2) is 0 Å². The van der Waals surface area contributed by atoms with Crippen molar-refractivity contribution in [1.29, 1.82) is 0 Å². The van der Waals surface area contributed by atoms with Crippen molar-refractivity contribution in [2.45, 2.75) is 32.5 Å². The minimum Gasteiger partial charge on any atom is -0.350 e. The van der Waals surface area contributed by atoms with Crippen LogP contribution in [0.3, 0.4) is 0 Å². The summed E-state index contributed by atoms with van der Waals surface area (Å²) in [5, 5.41) is 7.72. The van der Waals surface area contributed by atoms with E-state index in [0.717, 1.165) is 13.0 Å². The Kier molecular flexibility index (Phi) is 2.34. The van der Waals surface area contributed by atoms with Gasteiger partial charge in [-0.2, -0.15) is 0 Å². The molecule has 0 spiro atoms. The number of H-pyrrole nitrogens is 1. The monoisotopic (exact) mass is 254 g/mol. The van der Waals surface area contributed by atoms with Crippen LogP contribution in [0, 0.1) is 0 Å². The molecule has 2 aliphatic heterocycles. The maximum absolute atomic E-state index is 3.64. The molecule has 98 valence electrons. The number of para-hydroxylation sites is 1. The molecule has 3 heteroatoms. The number of rotatable bonds is 0. The van der Waals surface area contributed by atoms with Gasteiger partial charge in [0.05, 0.1) is 0 Å². The van der Waals surface area contributed by atoms with Crippen molar-refractivity contribution in [3.05, 3.63) is 34.8 Å². The van der Waals surface area contributed by atoms with Crippen LogP contribution in [0.4, 0.5) is 0 Å². The fourth-order valence-electron chi connectivity index (χ4n) is 3.78. The predicted molar refractivity (Wildman–Crippen MR) is 77.9 cm³/mol. The number of hydrogen-bond donors (Lipinski definition) is 3. The fraction of sp³-hybridized carbons (Fsp3) is 0.375. The summed E-state index contributed by atoms with van der Waals surface area (Å²) in [5.41, 5.74) is 2.81. The zero-order chi connectivity index (χ0) is 13.0. The van der Waals surface area contributed by atoms with Gasteiger partial charge in [0.1, 0.15) is 23.3 Å². The molecule has 1 aromatic carbocycles. The van der Waals surface area contributed by atoms with Gasteiger partial charge < -0.3 is 4.98 Å². The number of nitrogens with one attached hydrogen (secondary N) is 3. The van der Waals surface area contributed by atoms with Crippen molar-refractivity contribution in [3.63, 3.8) is 0 Å². The third-order valence-electron chi connectivity index (χ3n) is 4.60. The van der Waals surface area contributed by atoms with E-state index in [0.29, 0.717) is 12.2 Å². The van der Waals surface area contributed by atoms with Crippen molar-refractivity contribution in [2.75, 3.05) is 6.54 Å². The molecule has 0 saturated carbocycles. The van der Waals surface area contributed by atoms with Crippen LogP contribution in [0.2, 0.25) is 0 Å². The quantitative estimate of drug-likeness (QED) is 0.592. The van der Waals surface area contributed by atoms with Gasteiger partial charge in [-0.1, -0.05) is 18.2 Å². The van der Waals surface area contributed by atoms with Crippen LogP contribution >= 0.6 is 0 Å². The zero-order valence-electron chi connectivity index (χ0n) is 11.5. The predicted octanol–water partition coefficient (Wildman–Crippen LogP) is -0.317. The van der Waals surface area contributed by atoms with Crippen LogP contribution < -0.4 is 20.8 Å². The first-order valence-corrected chi connectivity index (χ1v) is 7.18. The number of hydrogen-bond acceptors (Lipinski definition) is 1. The van der Waals surface area contributed by atoms with Crippen molar-refractivity contribution in [1.82, 2.24) is 10.3 Å². The highest BCUT2D eigenvalue weighted by Gasteiger charge is 2.33. The van der Waals surface area contributed by atoms with Crippen LogP contribution in [-0.4, -0.2) is 23.7 Å². The van der Waals surface area contributed by atoms with Gasteiger partial charge in [0.15, 0.2) is 0 Å². The Morgan fingerprint density at radius 3 is 2.95 bits per heavy atom. The second-order valence-electron chi connectivity index (χ2n) is 5.77. The third kappa shape index (κ3) is 1.52. The van der Waals surface area contributed by atoms with Gasteiger partial charge in [-0.3, -0.25) is 10.2 Å². The molecule has 3 heterocycles. The highest BCUT2D eigenvalue weighted by molar-refractivity contribution is 5.81. The Hall–Kier alpha value is -1.58. The van der Waals surface area contributed by atoms with Crippen molar-refractivity contribution >= 4 is 22.7 Å². The number of aromatic nitrogens is 1. The van der Waals surface area contributed by atoms with E-state index in [-0.39, 0.29) is 0 Å². The summed E-state index contributed by atoms with van der Waals surface area (Å²) in [6, 6.07) is 9.17. The lowest BCUT2D eigenvalue weighted by Crippen LogP contribution is -3.20. The average molecular weight is 254 g/mol. The smallest absolute Gasteiger partial charge is 0.143 e. The van der Waals surface area contributed by atoms with E-state index in [1.165, 1.54) is 21.5 Å². The molecule has 2 unspecified atom stereocenters. The fourth-order valence-corrected chi connectivity index (χ4v) is 3.78. The van der Waals surface area contributed by atoms with E-state index in [1.807, 2.05) is 0 Å². The molecule has 0 amide bonds. The molecular weight excluding hydrogens is 234 g/mol. The molecular formula is C16H20N3+. The molecule has 3 N–H and O–H groups in total. The normalized spacial score (nSPS) is 29.8. The summed E-state index contributed by atoms with van der Waals surface area (Å²) in [7, 11) is 0. The standard InChI is InChI=1S/C16H19N3/c1-10-9-13-12-5-3-4-6-14(12)18-16(13)15-7-8-17-11(2)19(10)15/h3-6,9-11,17-18H,7-8H2,1-2H3/p+1/t10?,11-/m0/s1. The highest BCUT2D eigenvalue weighted by Crippen LogP contribution is 2.08. The van der Waals surface area contributed by atoms with Crippen LogP contribution in [0.25, 0.3) is 22.7 Å². The summed E-state index contributed by atoms with van der Waals surface area (Å²) < 4.78 is 0.